The lowest BCUT2D eigenvalue weighted by Gasteiger charge is -2.39. The summed E-state index contributed by atoms with van der Waals surface area (Å²) in [7, 11) is 5.70. The smallest absolute Gasteiger partial charge is 0.380 e. The number of rotatable bonds is 3. The molecule has 0 N–H and O–H groups in total. The van der Waals surface area contributed by atoms with E-state index in [0.717, 1.165) is 24.8 Å². The molecule has 0 unspecified atom stereocenters. The van der Waals surface area contributed by atoms with E-state index < -0.39 is 11.7 Å². The third-order valence-corrected chi connectivity index (χ3v) is 4.62. The van der Waals surface area contributed by atoms with Crippen LogP contribution in [0.5, 0.6) is 0 Å². The zero-order chi connectivity index (χ0) is 16.5. The lowest BCUT2D eigenvalue weighted by atomic mass is 9.78. The molecule has 124 valence electrons. The highest BCUT2D eigenvalue weighted by atomic mass is 19.4. The van der Waals surface area contributed by atoms with Gasteiger partial charge in [0.15, 0.2) is 0 Å². The number of hydrogen-bond donors (Lipinski definition) is 0. The van der Waals surface area contributed by atoms with Crippen LogP contribution in [0.2, 0.25) is 0 Å². The van der Waals surface area contributed by atoms with Crippen molar-refractivity contribution in [1.82, 2.24) is 4.90 Å². The van der Waals surface area contributed by atoms with E-state index in [9.17, 15) is 13.2 Å². The molecule has 0 amide bonds. The number of halogens is 3. The minimum atomic E-state index is -4.29. The van der Waals surface area contributed by atoms with Gasteiger partial charge in [-0.15, -0.1) is 0 Å². The summed E-state index contributed by atoms with van der Waals surface area (Å²) >= 11 is 0. The van der Waals surface area contributed by atoms with Crippen molar-refractivity contribution in [2.75, 3.05) is 21.2 Å². The standard InChI is InChI=1S/C17H24F3NO/c1-11-7-13(9-14(8-11)17(18,19)20)12-5-6-16(22-4)15(10-12)21(2)3/h7-9,12,15-16H,5-6,10H2,1-4H3/t12-,15-,16-/m0/s1. The highest BCUT2D eigenvalue weighted by Gasteiger charge is 2.35. The number of ether oxygens (including phenoxy) is 1. The summed E-state index contributed by atoms with van der Waals surface area (Å²) in [5, 5.41) is 0. The molecule has 1 aromatic rings. The van der Waals surface area contributed by atoms with Crippen molar-refractivity contribution in [1.29, 1.82) is 0 Å². The third kappa shape index (κ3) is 3.82. The first-order valence-electron chi connectivity index (χ1n) is 7.60. The SMILES string of the molecule is CO[C@H]1CC[C@H](c2cc(C)cc(C(F)(F)F)c2)C[C@@H]1N(C)C. The van der Waals surface area contributed by atoms with Crippen LogP contribution in [0, 0.1) is 6.92 Å². The first-order chi connectivity index (χ1) is 10.2. The molecule has 22 heavy (non-hydrogen) atoms. The molecule has 0 spiro atoms. The van der Waals surface area contributed by atoms with Gasteiger partial charge in [-0.25, -0.2) is 0 Å². The summed E-state index contributed by atoms with van der Waals surface area (Å²) in [6.45, 7) is 1.73. The Morgan fingerprint density at radius 2 is 1.82 bits per heavy atom. The Bertz CT molecular complexity index is 513. The third-order valence-electron chi connectivity index (χ3n) is 4.62. The molecule has 0 saturated heterocycles. The summed E-state index contributed by atoms with van der Waals surface area (Å²) < 4.78 is 44.6. The van der Waals surface area contributed by atoms with Crippen molar-refractivity contribution >= 4 is 0 Å². The summed E-state index contributed by atoms with van der Waals surface area (Å²) in [5.41, 5.74) is 0.923. The maximum atomic E-state index is 13.0. The fourth-order valence-electron chi connectivity index (χ4n) is 3.45. The van der Waals surface area contributed by atoms with Gasteiger partial charge in [0, 0.05) is 13.2 Å². The van der Waals surface area contributed by atoms with Crippen LogP contribution in [0.1, 0.15) is 41.9 Å². The molecule has 1 aromatic carbocycles. The van der Waals surface area contributed by atoms with Crippen molar-refractivity contribution in [2.45, 2.75) is 50.4 Å². The van der Waals surface area contributed by atoms with Gasteiger partial charge in [-0.05, 0) is 63.9 Å². The summed E-state index contributed by atoms with van der Waals surface area (Å²) in [5.74, 6) is 0.153. The van der Waals surface area contributed by atoms with Gasteiger partial charge in [0.2, 0.25) is 0 Å². The van der Waals surface area contributed by atoms with Gasteiger partial charge in [-0.2, -0.15) is 13.2 Å². The van der Waals surface area contributed by atoms with Crippen LogP contribution in [0.25, 0.3) is 0 Å². The Balaban J connectivity index is 2.27. The number of likely N-dealkylation sites (N-methyl/N-ethyl adjacent to an activating group) is 1. The fourth-order valence-corrected chi connectivity index (χ4v) is 3.45. The first-order valence-corrected chi connectivity index (χ1v) is 7.60. The maximum absolute atomic E-state index is 13.0. The van der Waals surface area contributed by atoms with Crippen LogP contribution in [0.4, 0.5) is 13.2 Å². The largest absolute Gasteiger partial charge is 0.416 e. The Hall–Kier alpha value is -1.07. The predicted molar refractivity (Wildman–Crippen MR) is 81.0 cm³/mol. The second-order valence-corrected chi connectivity index (χ2v) is 6.45. The highest BCUT2D eigenvalue weighted by molar-refractivity contribution is 5.33. The van der Waals surface area contributed by atoms with Crippen molar-refractivity contribution < 1.29 is 17.9 Å². The van der Waals surface area contributed by atoms with E-state index in [2.05, 4.69) is 4.90 Å². The minimum Gasteiger partial charge on any atom is -0.380 e. The number of methoxy groups -OCH3 is 1. The first kappa shape index (κ1) is 17.3. The topological polar surface area (TPSA) is 12.5 Å². The van der Waals surface area contributed by atoms with Crippen molar-refractivity contribution in [3.63, 3.8) is 0 Å². The lowest BCUT2D eigenvalue weighted by molar-refractivity contribution is -0.137. The van der Waals surface area contributed by atoms with Gasteiger partial charge < -0.3 is 9.64 Å². The second kappa shape index (κ2) is 6.59. The van der Waals surface area contributed by atoms with E-state index in [1.165, 1.54) is 12.1 Å². The normalized spacial score (nSPS) is 26.5. The predicted octanol–water partition coefficient (Wildman–Crippen LogP) is 4.23. The molecule has 2 rings (SSSR count). The molecule has 1 saturated carbocycles. The Morgan fingerprint density at radius 1 is 1.14 bits per heavy atom. The van der Waals surface area contributed by atoms with E-state index in [0.29, 0.717) is 5.56 Å². The molecular weight excluding hydrogens is 291 g/mol. The van der Waals surface area contributed by atoms with E-state index in [1.807, 2.05) is 20.2 Å². The van der Waals surface area contributed by atoms with Crippen molar-refractivity contribution in [3.05, 3.63) is 34.9 Å². The zero-order valence-electron chi connectivity index (χ0n) is 13.6. The van der Waals surface area contributed by atoms with Crippen LogP contribution in [0.3, 0.4) is 0 Å². The van der Waals surface area contributed by atoms with Crippen LogP contribution >= 0.6 is 0 Å². The Labute approximate surface area is 130 Å². The molecule has 0 aromatic heterocycles. The number of nitrogens with zero attached hydrogens (tertiary/aromatic N) is 1. The van der Waals surface area contributed by atoms with E-state index in [-0.39, 0.29) is 18.1 Å². The van der Waals surface area contributed by atoms with E-state index >= 15 is 0 Å². The van der Waals surface area contributed by atoms with Crippen LogP contribution in [-0.4, -0.2) is 38.3 Å². The maximum Gasteiger partial charge on any atom is 0.416 e. The molecular formula is C17H24F3NO. The molecule has 5 heteroatoms. The van der Waals surface area contributed by atoms with Gasteiger partial charge in [0.05, 0.1) is 11.7 Å². The minimum absolute atomic E-state index is 0.151. The molecule has 0 aliphatic heterocycles. The van der Waals surface area contributed by atoms with Gasteiger partial charge in [-0.3, -0.25) is 0 Å². The van der Waals surface area contributed by atoms with Crippen LogP contribution in [0.15, 0.2) is 18.2 Å². The molecule has 1 aliphatic rings. The molecule has 0 bridgehead atoms. The number of aryl methyl sites for hydroxylation is 1. The second-order valence-electron chi connectivity index (χ2n) is 6.45. The van der Waals surface area contributed by atoms with E-state index in [4.69, 9.17) is 4.74 Å². The van der Waals surface area contributed by atoms with Gasteiger partial charge in [0.1, 0.15) is 0 Å². The summed E-state index contributed by atoms with van der Waals surface area (Å²) in [4.78, 5) is 2.11. The molecule has 0 heterocycles. The van der Waals surface area contributed by atoms with Crippen molar-refractivity contribution in [2.24, 2.45) is 0 Å². The zero-order valence-corrected chi connectivity index (χ0v) is 13.6. The summed E-state index contributed by atoms with van der Waals surface area (Å²) in [6.07, 6.45) is -1.57. The number of benzene rings is 1. The molecule has 2 nitrogen and oxygen atoms in total. The average molecular weight is 315 g/mol. The van der Waals surface area contributed by atoms with Gasteiger partial charge in [0.25, 0.3) is 0 Å². The van der Waals surface area contributed by atoms with Gasteiger partial charge >= 0.3 is 6.18 Å². The van der Waals surface area contributed by atoms with Gasteiger partial charge in [-0.1, -0.05) is 11.6 Å². The van der Waals surface area contributed by atoms with Crippen LogP contribution in [-0.2, 0) is 10.9 Å². The summed E-state index contributed by atoms with van der Waals surface area (Å²) in [6, 6.07) is 4.66. The molecule has 1 aliphatic carbocycles. The number of hydrogen-bond acceptors (Lipinski definition) is 2. The Morgan fingerprint density at radius 3 is 2.36 bits per heavy atom. The van der Waals surface area contributed by atoms with Crippen molar-refractivity contribution in [3.8, 4) is 0 Å². The lowest BCUT2D eigenvalue weighted by Crippen LogP contribution is -2.44. The van der Waals surface area contributed by atoms with E-state index in [1.54, 1.807) is 14.0 Å². The number of alkyl halides is 3. The quantitative estimate of drug-likeness (QED) is 0.828. The molecule has 0 radical (unpaired) electrons. The van der Waals surface area contributed by atoms with Crippen LogP contribution < -0.4 is 0 Å². The fraction of sp³-hybridized carbons (Fsp3) is 0.647. The molecule has 3 atom stereocenters. The highest BCUT2D eigenvalue weighted by Crippen LogP contribution is 2.38. The molecule has 1 fully saturated rings. The Kier molecular flexibility index (Phi) is 5.17. The average Bonchev–Trinajstić information content (AvgIpc) is 2.45. The monoisotopic (exact) mass is 315 g/mol.